The summed E-state index contributed by atoms with van der Waals surface area (Å²) in [6.07, 6.45) is 3.07. The molecule has 0 aliphatic heterocycles. The number of amides is 1. The Balaban J connectivity index is 1.62. The summed E-state index contributed by atoms with van der Waals surface area (Å²) < 4.78 is 0. The lowest BCUT2D eigenvalue weighted by atomic mass is 9.88. The fourth-order valence-corrected chi connectivity index (χ4v) is 3.91. The number of carbonyl (C=O) groups excluding carboxylic acids is 1. The summed E-state index contributed by atoms with van der Waals surface area (Å²) in [7, 11) is 0. The van der Waals surface area contributed by atoms with Crippen molar-refractivity contribution < 1.29 is 14.7 Å². The first-order chi connectivity index (χ1) is 11.6. The molecule has 1 aliphatic carbocycles. The highest BCUT2D eigenvalue weighted by Crippen LogP contribution is 2.30. The number of nitrogens with one attached hydrogen (secondary N) is 1. The predicted molar refractivity (Wildman–Crippen MR) is 94.4 cm³/mol. The molecule has 0 radical (unpaired) electrons. The second-order valence-corrected chi connectivity index (χ2v) is 6.82. The lowest BCUT2D eigenvalue weighted by Gasteiger charge is -2.26. The molecule has 2 N–H and O–H groups in total. The number of carboxylic acid groups (broad SMARTS) is 1. The molecular formula is C19H19NO3S. The van der Waals surface area contributed by atoms with Crippen molar-refractivity contribution in [2.75, 3.05) is 5.75 Å². The molecule has 4 nitrogen and oxygen atoms in total. The lowest BCUT2D eigenvalue weighted by Crippen LogP contribution is -2.32. The van der Waals surface area contributed by atoms with E-state index in [0.29, 0.717) is 4.90 Å². The molecule has 0 fully saturated rings. The van der Waals surface area contributed by atoms with Crippen LogP contribution in [0.3, 0.4) is 0 Å². The van der Waals surface area contributed by atoms with Gasteiger partial charge in [-0.05, 0) is 42.5 Å². The van der Waals surface area contributed by atoms with Gasteiger partial charge in [-0.15, -0.1) is 11.8 Å². The van der Waals surface area contributed by atoms with Crippen molar-refractivity contribution in [1.29, 1.82) is 0 Å². The van der Waals surface area contributed by atoms with E-state index in [1.165, 1.54) is 22.9 Å². The predicted octanol–water partition coefficient (Wildman–Crippen LogP) is 3.67. The van der Waals surface area contributed by atoms with Gasteiger partial charge in [0.2, 0.25) is 5.91 Å². The summed E-state index contributed by atoms with van der Waals surface area (Å²) in [5.41, 5.74) is 2.74. The van der Waals surface area contributed by atoms with Gasteiger partial charge >= 0.3 is 5.97 Å². The Bertz CT molecular complexity index is 760. The van der Waals surface area contributed by atoms with E-state index in [1.807, 2.05) is 12.1 Å². The fourth-order valence-electron chi connectivity index (χ4n) is 3.05. The van der Waals surface area contributed by atoms with Gasteiger partial charge in [0.15, 0.2) is 0 Å². The van der Waals surface area contributed by atoms with Crippen molar-refractivity contribution >= 4 is 23.6 Å². The zero-order chi connectivity index (χ0) is 16.9. The molecule has 124 valence electrons. The summed E-state index contributed by atoms with van der Waals surface area (Å²) >= 11 is 1.26. The van der Waals surface area contributed by atoms with Gasteiger partial charge in [0.1, 0.15) is 0 Å². The number of thioether (sulfide) groups is 1. The van der Waals surface area contributed by atoms with Gasteiger partial charge < -0.3 is 10.4 Å². The van der Waals surface area contributed by atoms with Crippen LogP contribution in [-0.2, 0) is 11.2 Å². The molecule has 24 heavy (non-hydrogen) atoms. The van der Waals surface area contributed by atoms with E-state index >= 15 is 0 Å². The molecule has 0 bridgehead atoms. The quantitative estimate of drug-likeness (QED) is 0.814. The van der Waals surface area contributed by atoms with E-state index in [2.05, 4.69) is 17.4 Å². The van der Waals surface area contributed by atoms with Gasteiger partial charge in [0.05, 0.1) is 17.4 Å². The van der Waals surface area contributed by atoms with Crippen molar-refractivity contribution in [2.45, 2.75) is 30.2 Å². The van der Waals surface area contributed by atoms with Crippen LogP contribution in [0.4, 0.5) is 0 Å². The number of aryl methyl sites for hydroxylation is 1. The Kier molecular flexibility index (Phi) is 5.20. The Morgan fingerprint density at radius 3 is 2.71 bits per heavy atom. The Morgan fingerprint density at radius 2 is 1.88 bits per heavy atom. The number of benzene rings is 2. The molecule has 1 atom stereocenters. The largest absolute Gasteiger partial charge is 0.478 e. The molecule has 2 aromatic carbocycles. The zero-order valence-electron chi connectivity index (χ0n) is 13.2. The summed E-state index contributed by atoms with van der Waals surface area (Å²) in [5.74, 6) is -0.829. The Morgan fingerprint density at radius 1 is 1.12 bits per heavy atom. The number of aromatic carboxylic acids is 1. The highest BCUT2D eigenvalue weighted by atomic mass is 32.2. The van der Waals surface area contributed by atoms with E-state index in [1.54, 1.807) is 24.3 Å². The normalized spacial score (nSPS) is 16.2. The van der Waals surface area contributed by atoms with Crippen LogP contribution in [0.1, 0.15) is 40.4 Å². The molecule has 5 heteroatoms. The molecule has 3 rings (SSSR count). The third-order valence-electron chi connectivity index (χ3n) is 4.18. The smallest absolute Gasteiger partial charge is 0.336 e. The molecule has 2 aromatic rings. The molecule has 0 unspecified atom stereocenters. The van der Waals surface area contributed by atoms with Crippen molar-refractivity contribution in [3.05, 3.63) is 65.2 Å². The number of hydrogen-bond donors (Lipinski definition) is 2. The van der Waals surface area contributed by atoms with Crippen molar-refractivity contribution in [3.63, 3.8) is 0 Å². The first-order valence-electron chi connectivity index (χ1n) is 7.97. The first-order valence-corrected chi connectivity index (χ1v) is 8.96. The maximum atomic E-state index is 12.3. The van der Waals surface area contributed by atoms with Crippen molar-refractivity contribution in [2.24, 2.45) is 0 Å². The molecule has 0 aromatic heterocycles. The van der Waals surface area contributed by atoms with Crippen LogP contribution in [0.2, 0.25) is 0 Å². The molecule has 0 saturated heterocycles. The SMILES string of the molecule is O=C(CSc1ccccc1C(=O)O)N[C@H]1CCCc2ccccc21. The Hall–Kier alpha value is -2.27. The maximum absolute atomic E-state index is 12.3. The zero-order valence-corrected chi connectivity index (χ0v) is 14.0. The number of hydrogen-bond acceptors (Lipinski definition) is 3. The van der Waals surface area contributed by atoms with Gasteiger partial charge in [0, 0.05) is 4.90 Å². The van der Waals surface area contributed by atoms with Crippen LogP contribution < -0.4 is 5.32 Å². The van der Waals surface area contributed by atoms with Crippen LogP contribution >= 0.6 is 11.8 Å². The van der Waals surface area contributed by atoms with E-state index in [4.69, 9.17) is 0 Å². The highest BCUT2D eigenvalue weighted by Gasteiger charge is 2.21. The van der Waals surface area contributed by atoms with Gasteiger partial charge in [-0.25, -0.2) is 4.79 Å². The van der Waals surface area contributed by atoms with Crippen LogP contribution in [0.15, 0.2) is 53.4 Å². The van der Waals surface area contributed by atoms with Crippen LogP contribution in [-0.4, -0.2) is 22.7 Å². The molecule has 0 saturated carbocycles. The summed E-state index contributed by atoms with van der Waals surface area (Å²) in [6, 6.07) is 15.0. The third-order valence-corrected chi connectivity index (χ3v) is 5.25. The minimum atomic E-state index is -0.972. The van der Waals surface area contributed by atoms with Gasteiger partial charge in [-0.1, -0.05) is 36.4 Å². The monoisotopic (exact) mass is 341 g/mol. The fraction of sp³-hybridized carbons (Fsp3) is 0.263. The van der Waals surface area contributed by atoms with Gasteiger partial charge in [-0.3, -0.25) is 4.79 Å². The molecule has 0 heterocycles. The first kappa shape index (κ1) is 16.6. The Labute approximate surface area is 145 Å². The second-order valence-electron chi connectivity index (χ2n) is 5.80. The van der Waals surface area contributed by atoms with E-state index in [9.17, 15) is 14.7 Å². The number of carboxylic acids is 1. The summed E-state index contributed by atoms with van der Waals surface area (Å²) in [6.45, 7) is 0. The number of rotatable bonds is 5. The van der Waals surface area contributed by atoms with Crippen molar-refractivity contribution in [3.8, 4) is 0 Å². The number of carbonyl (C=O) groups is 2. The minimum absolute atomic E-state index is 0.0535. The van der Waals surface area contributed by atoms with E-state index in [-0.39, 0.29) is 23.3 Å². The van der Waals surface area contributed by atoms with Crippen LogP contribution in [0.5, 0.6) is 0 Å². The third kappa shape index (κ3) is 3.79. The van der Waals surface area contributed by atoms with Crippen molar-refractivity contribution in [1.82, 2.24) is 5.32 Å². The molecule has 1 aliphatic rings. The number of fused-ring (bicyclic) bond motifs is 1. The molecule has 1 amide bonds. The van der Waals surface area contributed by atoms with E-state index < -0.39 is 5.97 Å². The average Bonchev–Trinajstić information content (AvgIpc) is 2.60. The topological polar surface area (TPSA) is 66.4 Å². The standard InChI is InChI=1S/C19H19NO3S/c21-18(12-24-17-11-4-3-9-15(17)19(22)23)20-16-10-5-7-13-6-1-2-8-14(13)16/h1-4,6,8-9,11,16H,5,7,10,12H2,(H,20,21)(H,22,23)/t16-/m0/s1. The minimum Gasteiger partial charge on any atom is -0.478 e. The van der Waals surface area contributed by atoms with E-state index in [0.717, 1.165) is 19.3 Å². The maximum Gasteiger partial charge on any atom is 0.336 e. The molecule has 0 spiro atoms. The van der Waals surface area contributed by atoms with Gasteiger partial charge in [0.25, 0.3) is 0 Å². The average molecular weight is 341 g/mol. The highest BCUT2D eigenvalue weighted by molar-refractivity contribution is 8.00. The van der Waals surface area contributed by atoms with Crippen LogP contribution in [0, 0.1) is 0 Å². The second kappa shape index (κ2) is 7.53. The summed E-state index contributed by atoms with van der Waals surface area (Å²) in [4.78, 5) is 24.1. The molecular weight excluding hydrogens is 322 g/mol. The lowest BCUT2D eigenvalue weighted by molar-refractivity contribution is -0.119. The summed E-state index contributed by atoms with van der Waals surface area (Å²) in [5, 5.41) is 12.3. The van der Waals surface area contributed by atoms with Gasteiger partial charge in [-0.2, -0.15) is 0 Å². The van der Waals surface area contributed by atoms with Crippen LogP contribution in [0.25, 0.3) is 0 Å².